The maximum absolute atomic E-state index is 14.8. The van der Waals surface area contributed by atoms with Crippen LogP contribution in [0.1, 0.15) is 126 Å². The van der Waals surface area contributed by atoms with E-state index in [2.05, 4.69) is 51.3 Å². The molecule has 0 spiro atoms. The normalized spacial score (nSPS) is 35.0. The average molecular weight is 881 g/mol. The molecule has 1 heterocycles. The zero-order valence-electron chi connectivity index (χ0n) is 37.6. The van der Waals surface area contributed by atoms with Crippen molar-refractivity contribution in [2.24, 2.45) is 50.2 Å². The Morgan fingerprint density at radius 2 is 1.60 bits per heavy atom. The fourth-order valence-electron chi connectivity index (χ4n) is 13.1. The maximum atomic E-state index is 14.8. The third kappa shape index (κ3) is 7.60. The summed E-state index contributed by atoms with van der Waals surface area (Å²) in [6.07, 6.45) is 9.34. The molecule has 1 aromatic heterocycles. The van der Waals surface area contributed by atoms with Crippen molar-refractivity contribution < 1.29 is 56.1 Å². The van der Waals surface area contributed by atoms with Gasteiger partial charge in [-0.3, -0.25) is 23.8 Å². The minimum atomic E-state index is -4.26. The Hall–Kier alpha value is -4.11. The highest BCUT2D eigenvalue weighted by molar-refractivity contribution is 7.91. The maximum Gasteiger partial charge on any atom is 0.415 e. The fourth-order valence-corrected chi connectivity index (χ4v) is 14.4. The summed E-state index contributed by atoms with van der Waals surface area (Å²) in [5.41, 5.74) is -0.436. The Morgan fingerprint density at radius 1 is 0.887 bits per heavy atom. The first-order valence-corrected chi connectivity index (χ1v) is 23.7. The summed E-state index contributed by atoms with van der Waals surface area (Å²) >= 11 is 0. The van der Waals surface area contributed by atoms with E-state index in [-0.39, 0.29) is 112 Å². The third-order valence-corrected chi connectivity index (χ3v) is 18.6. The van der Waals surface area contributed by atoms with E-state index in [4.69, 9.17) is 18.9 Å². The Kier molecular flexibility index (Phi) is 12.2. The third-order valence-electron chi connectivity index (χ3n) is 16.9. The number of esters is 2. The van der Waals surface area contributed by atoms with Gasteiger partial charge in [-0.25, -0.2) is 8.42 Å². The lowest BCUT2D eigenvalue weighted by atomic mass is 9.33. The van der Waals surface area contributed by atoms with Crippen molar-refractivity contribution in [3.05, 3.63) is 47.2 Å². The number of fused-ring (bicyclic) bond motifs is 7. The number of methoxy groups -OCH3 is 1. The van der Waals surface area contributed by atoms with Crippen LogP contribution in [0.3, 0.4) is 0 Å². The molecule has 0 aliphatic heterocycles. The van der Waals surface area contributed by atoms with Gasteiger partial charge in [-0.1, -0.05) is 65.3 Å². The van der Waals surface area contributed by atoms with Gasteiger partial charge in [-0.2, -0.15) is 0 Å². The molecule has 340 valence electrons. The van der Waals surface area contributed by atoms with Crippen LogP contribution in [-0.2, 0) is 43.2 Å². The van der Waals surface area contributed by atoms with E-state index in [0.29, 0.717) is 12.8 Å². The molecule has 4 saturated carbocycles. The molecule has 7 rings (SSSR count). The number of Topliss-reactive ketones (excluding diaryl/α,β-unsaturated/α-hetero) is 1. The molecule has 9 atom stereocenters. The van der Waals surface area contributed by atoms with Crippen molar-refractivity contribution in [3.8, 4) is 5.88 Å². The molecule has 15 heteroatoms. The van der Waals surface area contributed by atoms with Gasteiger partial charge in [0.1, 0.15) is 18.5 Å². The Bertz CT molecular complexity index is 2220. The summed E-state index contributed by atoms with van der Waals surface area (Å²) < 4.78 is 52.7. The molecule has 62 heavy (non-hydrogen) atoms. The number of ketones is 2. The zero-order chi connectivity index (χ0) is 45.1. The van der Waals surface area contributed by atoms with Crippen molar-refractivity contribution in [2.45, 2.75) is 142 Å². The Morgan fingerprint density at radius 3 is 2.31 bits per heavy atom. The van der Waals surface area contributed by atoms with Crippen LogP contribution in [0.25, 0.3) is 0 Å². The number of hydrogen-bond acceptors (Lipinski definition) is 13. The molecule has 0 N–H and O–H groups in total. The summed E-state index contributed by atoms with van der Waals surface area (Å²) in [7, 11) is -2.79. The van der Waals surface area contributed by atoms with Crippen molar-refractivity contribution in [2.75, 3.05) is 26.9 Å². The van der Waals surface area contributed by atoms with Gasteiger partial charge in [-0.05, 0) is 121 Å². The first-order chi connectivity index (χ1) is 29.1. The number of carbonyl (C=O) groups excluding carboxylic acids is 4. The van der Waals surface area contributed by atoms with E-state index in [0.717, 1.165) is 44.9 Å². The second-order valence-electron chi connectivity index (χ2n) is 20.7. The number of benzene rings is 1. The molecular weight excluding hydrogens is 817 g/mol. The summed E-state index contributed by atoms with van der Waals surface area (Å²) in [5.74, 6) is -0.948. The van der Waals surface area contributed by atoms with Gasteiger partial charge < -0.3 is 24.2 Å². The van der Waals surface area contributed by atoms with Crippen LogP contribution < -0.4 is 9.64 Å². The summed E-state index contributed by atoms with van der Waals surface area (Å²) in [4.78, 5) is 53.5. The molecule has 0 amide bonds. The number of sulfone groups is 1. The highest BCUT2D eigenvalue weighted by Gasteiger charge is 2.70. The molecule has 5 aliphatic rings. The minimum absolute atomic E-state index is 0.00285. The van der Waals surface area contributed by atoms with Gasteiger partial charge >= 0.3 is 22.8 Å². The predicted molar refractivity (Wildman–Crippen MR) is 224 cm³/mol. The van der Waals surface area contributed by atoms with E-state index in [9.17, 15) is 32.8 Å². The Balaban J connectivity index is 0.913. The van der Waals surface area contributed by atoms with Crippen LogP contribution >= 0.6 is 0 Å². The monoisotopic (exact) mass is 880 g/mol. The molecule has 5 aliphatic carbocycles. The van der Waals surface area contributed by atoms with Gasteiger partial charge in [0.2, 0.25) is 0 Å². The molecule has 14 nitrogen and oxygen atoms in total. The van der Waals surface area contributed by atoms with E-state index >= 15 is 0 Å². The zero-order valence-corrected chi connectivity index (χ0v) is 38.4. The van der Waals surface area contributed by atoms with E-state index in [1.807, 2.05) is 13.0 Å². The first kappa shape index (κ1) is 45.9. The van der Waals surface area contributed by atoms with Gasteiger partial charge in [0.05, 0.1) is 42.2 Å². The van der Waals surface area contributed by atoms with Gasteiger partial charge in [0, 0.05) is 24.2 Å². The highest BCUT2D eigenvalue weighted by atomic mass is 32.2. The first-order valence-electron chi connectivity index (χ1n) is 22.2. The van der Waals surface area contributed by atoms with Crippen molar-refractivity contribution in [1.82, 2.24) is 5.16 Å². The number of allylic oxidation sites excluding steroid dienone is 2. The highest BCUT2D eigenvalue weighted by Crippen LogP contribution is 2.75. The molecular formula is C47H64N2O12S. The van der Waals surface area contributed by atoms with Crippen LogP contribution in [0.5, 0.6) is 5.88 Å². The second-order valence-corrected chi connectivity index (χ2v) is 22.6. The second kappa shape index (κ2) is 16.5. The lowest BCUT2D eigenvalue weighted by Gasteiger charge is -2.70. The number of ether oxygens (including phenoxy) is 4. The molecule has 1 aromatic carbocycles. The molecule has 0 unspecified atom stereocenters. The number of aromatic nitrogens is 2. The standard InChI is InChI=1S/C47H64N2O12S/c1-42(2)35-16-20-47(7)38(34(51)28-32-33-29-44(4,41(53)57-8)22-21-43(33,3)23-24-46(32,47)6)45(35,5)19-17-36(42)60-37(52)15-14-30(50)18-25-58-26-27-59-39-40(49(54)61-48-39)62(55,56)31-12-10-9-11-13-31/h9-13,28,33,35-36,38H,14-27,29H2,1-8H3/t33-,35-,36-,38+,43+,44-,45-,46+,47+/m0/s1. The fraction of sp³-hybridized carbons (Fsp3) is 0.702. The van der Waals surface area contributed by atoms with E-state index < -0.39 is 37.5 Å². The van der Waals surface area contributed by atoms with E-state index in [1.54, 1.807) is 6.07 Å². The predicted octanol–water partition coefficient (Wildman–Crippen LogP) is 7.34. The average Bonchev–Trinajstić information content (AvgIpc) is 3.61. The number of hydrogen-bond donors (Lipinski definition) is 0. The molecule has 2 aromatic rings. The van der Waals surface area contributed by atoms with Gasteiger partial charge in [0.25, 0.3) is 9.84 Å². The number of rotatable bonds is 14. The SMILES string of the molecule is COC(=O)[C@@]1(C)CC[C@]2(C)CC[C@]3(C)C(=CC(=O)[C@@H]4[C@@]5(C)CC[C@H](OC(=O)CCC(=O)CCOCCOc6no[n+]([O-])c6S(=O)(=O)c6ccccc6)C(C)(C)[C@@H]5CC[C@]43C)[C@@H]2C1. The molecule has 4 fully saturated rings. The number of carbonyl (C=O) groups is 4. The lowest BCUT2D eigenvalue weighted by Crippen LogP contribution is -2.66. The topological polar surface area (TPSA) is 192 Å². The largest absolute Gasteiger partial charge is 0.469 e. The summed E-state index contributed by atoms with van der Waals surface area (Å²) in [6, 6.07) is 7.35. The van der Waals surface area contributed by atoms with Gasteiger partial charge in [0.15, 0.2) is 5.78 Å². The van der Waals surface area contributed by atoms with Crippen molar-refractivity contribution in [1.29, 1.82) is 0 Å². The van der Waals surface area contributed by atoms with Crippen LogP contribution in [0, 0.1) is 55.5 Å². The summed E-state index contributed by atoms with van der Waals surface area (Å²) in [5, 5.41) is 14.7. The summed E-state index contributed by atoms with van der Waals surface area (Å²) in [6.45, 7) is 15.7. The molecule has 0 saturated heterocycles. The molecule has 0 bridgehead atoms. The quantitative estimate of drug-likeness (QED) is 0.104. The lowest BCUT2D eigenvalue weighted by molar-refractivity contribution is -0.832. The van der Waals surface area contributed by atoms with Crippen LogP contribution in [0.15, 0.2) is 56.5 Å². The smallest absolute Gasteiger partial charge is 0.415 e. The molecule has 0 radical (unpaired) electrons. The van der Waals surface area contributed by atoms with E-state index in [1.165, 1.54) is 36.9 Å². The van der Waals surface area contributed by atoms with Gasteiger partial charge in [-0.15, -0.1) is 0 Å². The van der Waals surface area contributed by atoms with Crippen molar-refractivity contribution >= 4 is 33.3 Å². The number of nitrogens with zero attached hydrogens (tertiary/aromatic N) is 2. The van der Waals surface area contributed by atoms with Crippen LogP contribution in [-0.4, -0.2) is 70.1 Å². The van der Waals surface area contributed by atoms with Crippen LogP contribution in [0.4, 0.5) is 0 Å². The van der Waals surface area contributed by atoms with Crippen molar-refractivity contribution in [3.63, 3.8) is 0 Å². The Labute approximate surface area is 365 Å². The van der Waals surface area contributed by atoms with Crippen LogP contribution in [0.2, 0.25) is 0 Å². The minimum Gasteiger partial charge on any atom is -0.469 e.